The van der Waals surface area contributed by atoms with E-state index >= 15 is 0 Å². The maximum atomic E-state index is 14.4. The molecule has 0 aliphatic rings. The SMILES string of the molecule is [C-]#[N+]c1ccc(-c2c(-c3ccc(C)cc3)nc3[nH]c(-c4ccc(F)cc4F)cc(=O)n23)cc1. The summed E-state index contributed by atoms with van der Waals surface area (Å²) in [6, 6.07) is 19.1. The van der Waals surface area contributed by atoms with Gasteiger partial charge in [0.15, 0.2) is 5.69 Å². The first-order chi connectivity index (χ1) is 15.9. The molecule has 160 valence electrons. The summed E-state index contributed by atoms with van der Waals surface area (Å²) in [7, 11) is 0. The summed E-state index contributed by atoms with van der Waals surface area (Å²) in [6.07, 6.45) is 0. The minimum absolute atomic E-state index is 0.0684. The first-order valence-electron chi connectivity index (χ1n) is 10.1. The molecule has 0 saturated carbocycles. The van der Waals surface area contributed by atoms with Gasteiger partial charge in [0.05, 0.1) is 23.7 Å². The minimum Gasteiger partial charge on any atom is -0.324 e. The van der Waals surface area contributed by atoms with Gasteiger partial charge in [-0.25, -0.2) is 23.0 Å². The molecule has 5 nitrogen and oxygen atoms in total. The predicted molar refractivity (Wildman–Crippen MR) is 123 cm³/mol. The smallest absolute Gasteiger partial charge is 0.260 e. The fourth-order valence-corrected chi connectivity index (χ4v) is 3.79. The summed E-state index contributed by atoms with van der Waals surface area (Å²) in [6.45, 7) is 9.16. The molecule has 0 unspecified atom stereocenters. The Labute approximate surface area is 187 Å². The first-order valence-corrected chi connectivity index (χ1v) is 10.1. The van der Waals surface area contributed by atoms with Crippen LogP contribution >= 0.6 is 0 Å². The predicted octanol–water partition coefficient (Wildman–Crippen LogP) is 6.16. The Bertz CT molecular complexity index is 1610. The summed E-state index contributed by atoms with van der Waals surface area (Å²) < 4.78 is 29.2. The number of aromatic nitrogens is 3. The summed E-state index contributed by atoms with van der Waals surface area (Å²) in [4.78, 5) is 24.3. The molecule has 0 spiro atoms. The van der Waals surface area contributed by atoms with Crippen LogP contribution in [0.25, 0.3) is 44.4 Å². The van der Waals surface area contributed by atoms with Gasteiger partial charge < -0.3 is 4.98 Å². The van der Waals surface area contributed by atoms with E-state index in [1.54, 1.807) is 24.3 Å². The summed E-state index contributed by atoms with van der Waals surface area (Å²) in [5.74, 6) is -1.26. The van der Waals surface area contributed by atoms with Crippen molar-refractivity contribution in [2.75, 3.05) is 0 Å². The number of hydrogen-bond donors (Lipinski definition) is 1. The highest BCUT2D eigenvalue weighted by molar-refractivity contribution is 5.82. The van der Waals surface area contributed by atoms with E-state index in [9.17, 15) is 13.6 Å². The molecule has 3 aromatic carbocycles. The van der Waals surface area contributed by atoms with E-state index in [1.165, 1.54) is 16.5 Å². The van der Waals surface area contributed by atoms with Crippen LogP contribution in [0, 0.1) is 25.1 Å². The standard InChI is InChI=1S/C26H16F2N4O/c1-15-3-5-16(6-4-15)24-25(17-7-10-19(29-2)11-8-17)32-23(33)14-22(30-26(32)31-24)20-12-9-18(27)13-21(20)28/h3-14H,1H3,(H,30,31). The molecule has 7 heteroatoms. The highest BCUT2D eigenvalue weighted by Crippen LogP contribution is 2.33. The van der Waals surface area contributed by atoms with Crippen LogP contribution in [0.5, 0.6) is 0 Å². The van der Waals surface area contributed by atoms with Gasteiger partial charge in [-0.1, -0.05) is 54.1 Å². The Morgan fingerprint density at radius 1 is 0.939 bits per heavy atom. The molecule has 5 rings (SSSR count). The quantitative estimate of drug-likeness (QED) is 0.343. The van der Waals surface area contributed by atoms with E-state index in [-0.39, 0.29) is 17.0 Å². The third kappa shape index (κ3) is 3.58. The Balaban J connectivity index is 1.80. The van der Waals surface area contributed by atoms with Gasteiger partial charge in [-0.2, -0.15) is 0 Å². The Kier molecular flexibility index (Phi) is 4.83. The number of aryl methyl sites for hydroxylation is 1. The molecule has 2 aromatic heterocycles. The number of halogens is 2. The summed E-state index contributed by atoms with van der Waals surface area (Å²) in [5.41, 5.74) is 4.03. The number of fused-ring (bicyclic) bond motifs is 1. The molecule has 0 radical (unpaired) electrons. The third-order valence-corrected chi connectivity index (χ3v) is 5.43. The van der Waals surface area contributed by atoms with Crippen molar-refractivity contribution in [3.63, 3.8) is 0 Å². The molecule has 5 aromatic rings. The van der Waals surface area contributed by atoms with E-state index in [4.69, 9.17) is 6.57 Å². The largest absolute Gasteiger partial charge is 0.324 e. The Hall–Kier alpha value is -4.57. The second-order valence-electron chi connectivity index (χ2n) is 7.64. The Morgan fingerprint density at radius 2 is 1.64 bits per heavy atom. The number of aromatic amines is 1. The van der Waals surface area contributed by atoms with Crippen molar-refractivity contribution in [1.29, 1.82) is 0 Å². The van der Waals surface area contributed by atoms with Crippen molar-refractivity contribution in [2.24, 2.45) is 0 Å². The van der Waals surface area contributed by atoms with Crippen LogP contribution in [0.3, 0.4) is 0 Å². The number of hydrogen-bond acceptors (Lipinski definition) is 2. The minimum atomic E-state index is -0.782. The van der Waals surface area contributed by atoms with Gasteiger partial charge in [0.1, 0.15) is 11.6 Å². The first kappa shape index (κ1) is 20.3. The van der Waals surface area contributed by atoms with Crippen molar-refractivity contribution in [1.82, 2.24) is 14.4 Å². The highest BCUT2D eigenvalue weighted by Gasteiger charge is 2.20. The normalized spacial score (nSPS) is 11.0. The average Bonchev–Trinajstić information content (AvgIpc) is 3.19. The van der Waals surface area contributed by atoms with Gasteiger partial charge in [-0.05, 0) is 24.6 Å². The average molecular weight is 438 g/mol. The zero-order valence-corrected chi connectivity index (χ0v) is 17.4. The van der Waals surface area contributed by atoms with Crippen molar-refractivity contribution < 1.29 is 8.78 Å². The van der Waals surface area contributed by atoms with E-state index < -0.39 is 17.2 Å². The maximum Gasteiger partial charge on any atom is 0.260 e. The number of nitrogens with zero attached hydrogens (tertiary/aromatic N) is 3. The monoisotopic (exact) mass is 438 g/mol. The molecular formula is C26H16F2N4O. The van der Waals surface area contributed by atoms with Crippen LogP contribution in [0.4, 0.5) is 14.5 Å². The van der Waals surface area contributed by atoms with Gasteiger partial charge >= 0.3 is 0 Å². The van der Waals surface area contributed by atoms with Gasteiger partial charge in [-0.3, -0.25) is 4.79 Å². The van der Waals surface area contributed by atoms with Crippen LogP contribution in [0.2, 0.25) is 0 Å². The van der Waals surface area contributed by atoms with Crippen molar-refractivity contribution in [3.05, 3.63) is 112 Å². The Morgan fingerprint density at radius 3 is 2.30 bits per heavy atom. The summed E-state index contributed by atoms with van der Waals surface area (Å²) in [5, 5.41) is 0. The fourth-order valence-electron chi connectivity index (χ4n) is 3.79. The molecular weight excluding hydrogens is 422 g/mol. The highest BCUT2D eigenvalue weighted by atomic mass is 19.1. The van der Waals surface area contributed by atoms with Gasteiger partial charge in [0.2, 0.25) is 5.78 Å². The van der Waals surface area contributed by atoms with Crippen LogP contribution < -0.4 is 5.56 Å². The molecule has 0 aliphatic heterocycles. The van der Waals surface area contributed by atoms with Gasteiger partial charge in [-0.15, -0.1) is 0 Å². The van der Waals surface area contributed by atoms with E-state index in [0.717, 1.165) is 23.3 Å². The van der Waals surface area contributed by atoms with Crippen LogP contribution in [-0.4, -0.2) is 14.4 Å². The zero-order valence-electron chi connectivity index (χ0n) is 17.4. The molecule has 0 bridgehead atoms. The summed E-state index contributed by atoms with van der Waals surface area (Å²) >= 11 is 0. The number of rotatable bonds is 3. The molecule has 0 amide bonds. The van der Waals surface area contributed by atoms with Crippen LogP contribution in [0.15, 0.2) is 77.6 Å². The lowest BCUT2D eigenvalue weighted by molar-refractivity contribution is 0.585. The van der Waals surface area contributed by atoms with Crippen molar-refractivity contribution in [2.45, 2.75) is 6.92 Å². The van der Waals surface area contributed by atoms with Gasteiger partial charge in [0, 0.05) is 23.3 Å². The lowest BCUT2D eigenvalue weighted by atomic mass is 10.0. The second kappa shape index (κ2) is 7.84. The zero-order chi connectivity index (χ0) is 23.1. The second-order valence-corrected chi connectivity index (χ2v) is 7.64. The lowest BCUT2D eigenvalue weighted by Gasteiger charge is -2.07. The van der Waals surface area contributed by atoms with Crippen molar-refractivity contribution >= 4 is 11.5 Å². The van der Waals surface area contributed by atoms with E-state index in [2.05, 4.69) is 14.8 Å². The molecule has 33 heavy (non-hydrogen) atoms. The van der Waals surface area contributed by atoms with E-state index in [0.29, 0.717) is 22.6 Å². The molecule has 2 heterocycles. The fraction of sp³-hybridized carbons (Fsp3) is 0.0385. The lowest BCUT2D eigenvalue weighted by Crippen LogP contribution is -2.14. The molecule has 0 atom stereocenters. The maximum absolute atomic E-state index is 14.4. The molecule has 0 saturated heterocycles. The number of benzene rings is 3. The number of H-pyrrole nitrogens is 1. The van der Waals surface area contributed by atoms with Crippen LogP contribution in [-0.2, 0) is 0 Å². The van der Waals surface area contributed by atoms with Gasteiger partial charge in [0.25, 0.3) is 5.56 Å². The topological polar surface area (TPSA) is 54.5 Å². The number of imidazole rings is 1. The third-order valence-electron chi connectivity index (χ3n) is 5.43. The number of nitrogens with one attached hydrogen (secondary N) is 1. The van der Waals surface area contributed by atoms with Crippen LogP contribution in [0.1, 0.15) is 5.56 Å². The van der Waals surface area contributed by atoms with Crippen molar-refractivity contribution in [3.8, 4) is 33.8 Å². The van der Waals surface area contributed by atoms with E-state index in [1.807, 2.05) is 31.2 Å². The molecule has 0 fully saturated rings. The molecule has 1 N–H and O–H groups in total. The molecule has 0 aliphatic carbocycles.